The third kappa shape index (κ3) is 3.02. The van der Waals surface area contributed by atoms with E-state index in [1.165, 1.54) is 0 Å². The second kappa shape index (κ2) is 5.99. The number of hydrogen-bond donors (Lipinski definition) is 2. The van der Waals surface area contributed by atoms with Crippen molar-refractivity contribution in [3.05, 3.63) is 24.0 Å². The number of pyridine rings is 1. The maximum absolute atomic E-state index is 12.4. The zero-order valence-corrected chi connectivity index (χ0v) is 11.5. The lowest BCUT2D eigenvalue weighted by atomic mass is 10.1. The van der Waals surface area contributed by atoms with Gasteiger partial charge in [-0.2, -0.15) is 0 Å². The van der Waals surface area contributed by atoms with Crippen molar-refractivity contribution in [2.24, 2.45) is 5.84 Å². The van der Waals surface area contributed by atoms with Crippen molar-refractivity contribution >= 4 is 11.6 Å². The molecule has 0 aliphatic carbocycles. The fourth-order valence-electron chi connectivity index (χ4n) is 2.37. The highest BCUT2D eigenvalue weighted by Gasteiger charge is 2.27. The zero-order chi connectivity index (χ0) is 13.8. The number of hydrazine groups is 1. The Morgan fingerprint density at radius 2 is 2.37 bits per heavy atom. The minimum absolute atomic E-state index is 0.0244. The summed E-state index contributed by atoms with van der Waals surface area (Å²) < 4.78 is 0. The van der Waals surface area contributed by atoms with Gasteiger partial charge in [-0.05, 0) is 25.6 Å². The van der Waals surface area contributed by atoms with Gasteiger partial charge in [0.05, 0.1) is 5.69 Å². The third-order valence-corrected chi connectivity index (χ3v) is 3.68. The number of nitrogens with zero attached hydrogens (tertiary/aromatic N) is 3. The van der Waals surface area contributed by atoms with E-state index in [4.69, 9.17) is 5.84 Å². The van der Waals surface area contributed by atoms with Crippen LogP contribution in [0.3, 0.4) is 0 Å². The zero-order valence-electron chi connectivity index (χ0n) is 11.5. The highest BCUT2D eigenvalue weighted by atomic mass is 16.2. The van der Waals surface area contributed by atoms with E-state index in [1.54, 1.807) is 18.3 Å². The van der Waals surface area contributed by atoms with Crippen LogP contribution in [0.5, 0.6) is 0 Å². The Bertz CT molecular complexity index is 450. The number of rotatable bonds is 3. The van der Waals surface area contributed by atoms with Crippen LogP contribution in [-0.2, 0) is 0 Å². The summed E-state index contributed by atoms with van der Waals surface area (Å²) in [6, 6.07) is 3.84. The van der Waals surface area contributed by atoms with Gasteiger partial charge in [-0.25, -0.2) is 0 Å². The topological polar surface area (TPSA) is 74.5 Å². The Balaban J connectivity index is 2.10. The molecule has 1 aromatic rings. The number of hydrogen-bond acceptors (Lipinski definition) is 5. The van der Waals surface area contributed by atoms with E-state index in [-0.39, 0.29) is 5.91 Å². The number of aromatic nitrogens is 1. The maximum atomic E-state index is 12.4. The second-order valence-corrected chi connectivity index (χ2v) is 4.87. The van der Waals surface area contributed by atoms with Gasteiger partial charge in [0.1, 0.15) is 5.69 Å². The van der Waals surface area contributed by atoms with Crippen LogP contribution < -0.4 is 11.3 Å². The van der Waals surface area contributed by atoms with Crippen LogP contribution in [0.1, 0.15) is 23.8 Å². The van der Waals surface area contributed by atoms with Gasteiger partial charge >= 0.3 is 0 Å². The Labute approximate surface area is 113 Å². The van der Waals surface area contributed by atoms with Crippen LogP contribution in [-0.4, -0.2) is 53.4 Å². The molecular weight excluding hydrogens is 242 g/mol. The van der Waals surface area contributed by atoms with Gasteiger partial charge in [-0.3, -0.25) is 20.5 Å². The van der Waals surface area contributed by atoms with Crippen LogP contribution >= 0.6 is 0 Å². The summed E-state index contributed by atoms with van der Waals surface area (Å²) in [5.74, 6) is 5.33. The van der Waals surface area contributed by atoms with Gasteiger partial charge < -0.3 is 10.3 Å². The smallest absolute Gasteiger partial charge is 0.272 e. The molecule has 0 spiro atoms. The minimum Gasteiger partial charge on any atom is -0.334 e. The normalized spacial score (nSPS) is 20.4. The number of amides is 1. The largest absolute Gasteiger partial charge is 0.334 e. The van der Waals surface area contributed by atoms with E-state index < -0.39 is 0 Å². The second-order valence-electron chi connectivity index (χ2n) is 4.87. The molecule has 0 aromatic carbocycles. The maximum Gasteiger partial charge on any atom is 0.272 e. The van der Waals surface area contributed by atoms with Gasteiger partial charge in [0.15, 0.2) is 0 Å². The first-order valence-electron chi connectivity index (χ1n) is 6.58. The molecule has 2 rings (SSSR count). The fraction of sp³-hybridized carbons (Fsp3) is 0.538. The van der Waals surface area contributed by atoms with E-state index in [1.807, 2.05) is 4.90 Å². The van der Waals surface area contributed by atoms with Crippen LogP contribution in [0.25, 0.3) is 0 Å². The number of carbonyl (C=O) groups is 1. The molecule has 1 amide bonds. The van der Waals surface area contributed by atoms with Crippen LogP contribution in [0.4, 0.5) is 5.69 Å². The van der Waals surface area contributed by atoms with Crippen molar-refractivity contribution in [2.75, 3.05) is 32.1 Å². The number of anilines is 1. The molecule has 1 aromatic heterocycles. The average molecular weight is 263 g/mol. The number of nitrogen functional groups attached to an aromatic ring is 1. The lowest BCUT2D eigenvalue weighted by molar-refractivity contribution is 0.0536. The van der Waals surface area contributed by atoms with Gasteiger partial charge in [0, 0.05) is 31.9 Å². The molecule has 6 heteroatoms. The van der Waals surface area contributed by atoms with Crippen molar-refractivity contribution in [2.45, 2.75) is 19.4 Å². The van der Waals surface area contributed by atoms with Gasteiger partial charge in [0.2, 0.25) is 0 Å². The fourth-order valence-corrected chi connectivity index (χ4v) is 2.37. The highest BCUT2D eigenvalue weighted by molar-refractivity contribution is 5.93. The summed E-state index contributed by atoms with van der Waals surface area (Å²) >= 11 is 0. The van der Waals surface area contributed by atoms with Crippen molar-refractivity contribution in [1.29, 1.82) is 0 Å². The first kappa shape index (κ1) is 13.8. The van der Waals surface area contributed by atoms with E-state index in [2.05, 4.69) is 29.3 Å². The molecule has 2 heterocycles. The molecule has 6 nitrogen and oxygen atoms in total. The van der Waals surface area contributed by atoms with Gasteiger partial charge in [-0.1, -0.05) is 6.92 Å². The average Bonchev–Trinajstić information content (AvgIpc) is 2.47. The lowest BCUT2D eigenvalue weighted by Crippen LogP contribution is -2.53. The summed E-state index contributed by atoms with van der Waals surface area (Å²) in [7, 11) is 2.10. The Kier molecular flexibility index (Phi) is 4.34. The molecular formula is C13H21N5O. The summed E-state index contributed by atoms with van der Waals surface area (Å²) in [4.78, 5) is 20.7. The predicted molar refractivity (Wildman–Crippen MR) is 74.7 cm³/mol. The quantitative estimate of drug-likeness (QED) is 0.615. The van der Waals surface area contributed by atoms with Crippen LogP contribution in [0.2, 0.25) is 0 Å². The summed E-state index contributed by atoms with van der Waals surface area (Å²) in [6.07, 6.45) is 2.63. The molecule has 0 bridgehead atoms. The molecule has 1 atom stereocenters. The van der Waals surface area contributed by atoms with Crippen LogP contribution in [0, 0.1) is 0 Å². The van der Waals surface area contributed by atoms with Crippen molar-refractivity contribution in [3.8, 4) is 0 Å². The molecule has 104 valence electrons. The van der Waals surface area contributed by atoms with Crippen LogP contribution in [0.15, 0.2) is 18.3 Å². The molecule has 3 N–H and O–H groups in total. The Hall–Kier alpha value is -1.66. The lowest BCUT2D eigenvalue weighted by Gasteiger charge is -2.39. The Morgan fingerprint density at radius 1 is 1.58 bits per heavy atom. The van der Waals surface area contributed by atoms with Gasteiger partial charge in [-0.15, -0.1) is 0 Å². The van der Waals surface area contributed by atoms with Gasteiger partial charge in [0.25, 0.3) is 5.91 Å². The van der Waals surface area contributed by atoms with E-state index in [9.17, 15) is 4.79 Å². The summed E-state index contributed by atoms with van der Waals surface area (Å²) in [6.45, 7) is 4.55. The summed E-state index contributed by atoms with van der Waals surface area (Å²) in [5, 5.41) is 0. The monoisotopic (exact) mass is 263 g/mol. The Morgan fingerprint density at radius 3 is 3.05 bits per heavy atom. The molecule has 1 aliphatic rings. The van der Waals surface area contributed by atoms with Crippen molar-refractivity contribution < 1.29 is 4.79 Å². The molecule has 1 saturated heterocycles. The summed E-state index contributed by atoms with van der Waals surface area (Å²) in [5.41, 5.74) is 3.67. The molecule has 0 saturated carbocycles. The number of likely N-dealkylation sites (N-methyl/N-ethyl adjacent to an activating group) is 1. The van der Waals surface area contributed by atoms with E-state index >= 15 is 0 Å². The van der Waals surface area contributed by atoms with E-state index in [0.29, 0.717) is 17.4 Å². The number of carbonyl (C=O) groups excluding carboxylic acids is 1. The predicted octanol–water partition coefficient (Wildman–Crippen LogP) is 0.533. The van der Waals surface area contributed by atoms with Crippen molar-refractivity contribution in [3.63, 3.8) is 0 Å². The molecule has 1 aliphatic heterocycles. The SMILES string of the molecule is CCC1CN(C(=O)c2cc(NN)ccn2)CCN1C. The van der Waals surface area contributed by atoms with Crippen molar-refractivity contribution in [1.82, 2.24) is 14.8 Å². The van der Waals surface area contributed by atoms with E-state index in [0.717, 1.165) is 26.1 Å². The first-order valence-corrected chi connectivity index (χ1v) is 6.58. The molecule has 1 unspecified atom stereocenters. The highest BCUT2D eigenvalue weighted by Crippen LogP contribution is 2.14. The number of nitrogens with two attached hydrogens (primary N) is 1. The standard InChI is InChI=1S/C13H21N5O/c1-3-11-9-18(7-6-17(11)2)13(19)12-8-10(16-14)4-5-15-12/h4-5,8,11H,3,6-7,9,14H2,1-2H3,(H,15,16). The number of piperazine rings is 1. The first-order chi connectivity index (χ1) is 9.15. The molecule has 19 heavy (non-hydrogen) atoms. The number of nitrogens with one attached hydrogen (secondary N) is 1. The molecule has 0 radical (unpaired) electrons. The molecule has 1 fully saturated rings. The third-order valence-electron chi connectivity index (χ3n) is 3.68. The minimum atomic E-state index is -0.0244.